The molecule has 4 rings (SSSR count). The molecular weight excluding hydrogens is 318 g/mol. The van der Waals surface area contributed by atoms with Crippen LogP contribution in [0.4, 0.5) is 5.95 Å². The van der Waals surface area contributed by atoms with Gasteiger partial charge in [0.15, 0.2) is 5.82 Å². The van der Waals surface area contributed by atoms with Gasteiger partial charge in [-0.2, -0.15) is 0 Å². The second-order valence-corrected chi connectivity index (χ2v) is 6.35. The molecule has 0 atom stereocenters. The number of rotatable bonds is 2. The largest absolute Gasteiger partial charge is 0.339 e. The number of anilines is 1. The first-order valence-electron chi connectivity index (χ1n) is 8.40. The Morgan fingerprint density at radius 1 is 1.12 bits per heavy atom. The maximum atomic E-state index is 11.5. The maximum absolute atomic E-state index is 11.5. The van der Waals surface area contributed by atoms with Crippen molar-refractivity contribution in [2.24, 2.45) is 7.05 Å². The van der Waals surface area contributed by atoms with Gasteiger partial charge in [0.25, 0.3) is 0 Å². The molecule has 8 heteroatoms. The topological polar surface area (TPSA) is 71.6 Å². The molecule has 1 amide bonds. The van der Waals surface area contributed by atoms with Crippen LogP contribution in [0.3, 0.4) is 0 Å². The van der Waals surface area contributed by atoms with Gasteiger partial charge in [0.1, 0.15) is 11.3 Å². The van der Waals surface area contributed by atoms with Gasteiger partial charge in [-0.1, -0.05) is 6.07 Å². The minimum Gasteiger partial charge on any atom is -0.339 e. The Bertz CT molecular complexity index is 934. The number of piperazine rings is 1. The number of hydrogen-bond donors (Lipinski definition) is 0. The van der Waals surface area contributed by atoms with Crippen molar-refractivity contribution in [2.45, 2.75) is 13.8 Å². The number of hydrogen-bond acceptors (Lipinski definition) is 5. The second kappa shape index (κ2) is 5.87. The van der Waals surface area contributed by atoms with Crippen LogP contribution < -0.4 is 4.90 Å². The lowest BCUT2D eigenvalue weighted by atomic mass is 10.3. The lowest BCUT2D eigenvalue weighted by molar-refractivity contribution is -0.129. The number of imidazole rings is 1. The van der Waals surface area contributed by atoms with Gasteiger partial charge in [-0.3, -0.25) is 13.8 Å². The van der Waals surface area contributed by atoms with E-state index in [0.717, 1.165) is 41.9 Å². The molecule has 3 aromatic rings. The van der Waals surface area contributed by atoms with E-state index in [1.807, 2.05) is 52.2 Å². The zero-order chi connectivity index (χ0) is 17.6. The molecule has 1 fully saturated rings. The van der Waals surface area contributed by atoms with E-state index in [0.29, 0.717) is 13.1 Å². The molecule has 0 saturated carbocycles. The van der Waals surface area contributed by atoms with Crippen molar-refractivity contribution in [3.05, 3.63) is 30.1 Å². The number of fused-ring (bicyclic) bond motifs is 1. The highest BCUT2D eigenvalue weighted by Crippen LogP contribution is 2.26. The Morgan fingerprint density at radius 2 is 1.88 bits per heavy atom. The summed E-state index contributed by atoms with van der Waals surface area (Å²) in [5.41, 5.74) is 2.78. The summed E-state index contributed by atoms with van der Waals surface area (Å²) in [7, 11) is 1.98. The zero-order valence-corrected chi connectivity index (χ0v) is 14.7. The summed E-state index contributed by atoms with van der Waals surface area (Å²) < 4.78 is 4.05. The molecule has 4 heterocycles. The van der Waals surface area contributed by atoms with Crippen LogP contribution in [0.2, 0.25) is 0 Å². The van der Waals surface area contributed by atoms with Gasteiger partial charge in [-0.15, -0.1) is 10.2 Å². The fourth-order valence-electron chi connectivity index (χ4n) is 3.41. The fraction of sp³-hybridized carbons (Fsp3) is 0.412. The molecule has 1 aliphatic rings. The van der Waals surface area contributed by atoms with Crippen molar-refractivity contribution in [3.8, 4) is 11.5 Å². The van der Waals surface area contributed by atoms with Crippen LogP contribution in [0, 0.1) is 6.92 Å². The van der Waals surface area contributed by atoms with Crippen LogP contribution in [-0.2, 0) is 11.8 Å². The molecular formula is C17H21N7O. The summed E-state index contributed by atoms with van der Waals surface area (Å²) in [4.78, 5) is 20.1. The molecule has 0 aliphatic carbocycles. The summed E-state index contributed by atoms with van der Waals surface area (Å²) >= 11 is 0. The van der Waals surface area contributed by atoms with E-state index >= 15 is 0 Å². The van der Waals surface area contributed by atoms with Gasteiger partial charge < -0.3 is 9.80 Å². The first-order valence-corrected chi connectivity index (χ1v) is 8.40. The predicted molar refractivity (Wildman–Crippen MR) is 94.4 cm³/mol. The number of carbonyl (C=O) groups is 1. The van der Waals surface area contributed by atoms with Crippen molar-refractivity contribution >= 4 is 17.5 Å². The summed E-state index contributed by atoms with van der Waals surface area (Å²) in [6.07, 6.45) is 1.99. The summed E-state index contributed by atoms with van der Waals surface area (Å²) in [6, 6.07) is 5.94. The van der Waals surface area contributed by atoms with Gasteiger partial charge >= 0.3 is 0 Å². The first kappa shape index (κ1) is 15.6. The normalized spacial score (nSPS) is 15.2. The third-order valence-corrected chi connectivity index (χ3v) is 4.78. The SMILES string of the molecule is CC(=O)N1CCN(c2nnc(-c3c(C)nc4ccccn34)n2C)CC1. The van der Waals surface area contributed by atoms with Crippen molar-refractivity contribution in [2.75, 3.05) is 31.1 Å². The minimum absolute atomic E-state index is 0.125. The first-order chi connectivity index (χ1) is 12.1. The van der Waals surface area contributed by atoms with E-state index < -0.39 is 0 Å². The number of aryl methyl sites for hydroxylation is 1. The molecule has 0 bridgehead atoms. The lowest BCUT2D eigenvalue weighted by Gasteiger charge is -2.34. The fourth-order valence-corrected chi connectivity index (χ4v) is 3.41. The summed E-state index contributed by atoms with van der Waals surface area (Å²) in [5.74, 6) is 1.74. The molecule has 3 aromatic heterocycles. The van der Waals surface area contributed by atoms with E-state index in [4.69, 9.17) is 0 Å². The van der Waals surface area contributed by atoms with Crippen LogP contribution in [0.1, 0.15) is 12.6 Å². The molecule has 25 heavy (non-hydrogen) atoms. The average molecular weight is 339 g/mol. The van der Waals surface area contributed by atoms with E-state index in [1.54, 1.807) is 6.92 Å². The molecule has 0 N–H and O–H groups in total. The predicted octanol–water partition coefficient (Wildman–Crippen LogP) is 1.11. The molecule has 0 aromatic carbocycles. The lowest BCUT2D eigenvalue weighted by Crippen LogP contribution is -2.48. The van der Waals surface area contributed by atoms with Crippen LogP contribution in [0.5, 0.6) is 0 Å². The Morgan fingerprint density at radius 3 is 2.60 bits per heavy atom. The van der Waals surface area contributed by atoms with Crippen molar-refractivity contribution < 1.29 is 4.79 Å². The quantitative estimate of drug-likeness (QED) is 0.699. The van der Waals surface area contributed by atoms with E-state index in [2.05, 4.69) is 20.1 Å². The van der Waals surface area contributed by atoms with Gasteiger partial charge in [0.2, 0.25) is 11.9 Å². The monoisotopic (exact) mass is 339 g/mol. The van der Waals surface area contributed by atoms with Crippen LogP contribution in [-0.4, -0.2) is 61.1 Å². The molecule has 0 radical (unpaired) electrons. The van der Waals surface area contributed by atoms with Gasteiger partial charge in [-0.05, 0) is 19.1 Å². The standard InChI is InChI=1S/C17H21N7O/c1-12-15(24-7-5-4-6-14(24)18-12)16-19-20-17(21(16)3)23-10-8-22(9-11-23)13(2)25/h4-7H,8-11H2,1-3H3. The van der Waals surface area contributed by atoms with Crippen LogP contribution in [0.15, 0.2) is 24.4 Å². The van der Waals surface area contributed by atoms with E-state index in [1.165, 1.54) is 0 Å². The Balaban J connectivity index is 1.68. The zero-order valence-electron chi connectivity index (χ0n) is 14.7. The van der Waals surface area contributed by atoms with Gasteiger partial charge in [-0.25, -0.2) is 4.98 Å². The highest BCUT2D eigenvalue weighted by molar-refractivity contribution is 5.73. The Labute approximate surface area is 145 Å². The third kappa shape index (κ3) is 2.54. The molecule has 8 nitrogen and oxygen atoms in total. The summed E-state index contributed by atoms with van der Waals surface area (Å²) in [6.45, 7) is 6.56. The minimum atomic E-state index is 0.125. The van der Waals surface area contributed by atoms with Gasteiger partial charge in [0, 0.05) is 46.3 Å². The number of nitrogens with zero attached hydrogens (tertiary/aromatic N) is 7. The van der Waals surface area contributed by atoms with Crippen molar-refractivity contribution in [1.29, 1.82) is 0 Å². The number of carbonyl (C=O) groups excluding carboxylic acids is 1. The molecule has 0 unspecified atom stereocenters. The number of pyridine rings is 1. The molecule has 1 saturated heterocycles. The number of aromatic nitrogens is 5. The average Bonchev–Trinajstić information content (AvgIpc) is 3.13. The highest BCUT2D eigenvalue weighted by atomic mass is 16.2. The third-order valence-electron chi connectivity index (χ3n) is 4.78. The van der Waals surface area contributed by atoms with Crippen molar-refractivity contribution in [3.63, 3.8) is 0 Å². The molecule has 1 aliphatic heterocycles. The summed E-state index contributed by atoms with van der Waals surface area (Å²) in [5, 5.41) is 8.84. The molecule has 0 spiro atoms. The molecule has 130 valence electrons. The Kier molecular flexibility index (Phi) is 3.67. The maximum Gasteiger partial charge on any atom is 0.227 e. The van der Waals surface area contributed by atoms with E-state index in [9.17, 15) is 4.79 Å². The van der Waals surface area contributed by atoms with Crippen molar-refractivity contribution in [1.82, 2.24) is 29.0 Å². The van der Waals surface area contributed by atoms with Crippen LogP contribution >= 0.6 is 0 Å². The van der Waals surface area contributed by atoms with E-state index in [-0.39, 0.29) is 5.91 Å². The Hall–Kier alpha value is -2.90. The van der Waals surface area contributed by atoms with Gasteiger partial charge in [0.05, 0.1) is 5.69 Å². The highest BCUT2D eigenvalue weighted by Gasteiger charge is 2.24. The van der Waals surface area contributed by atoms with Crippen LogP contribution in [0.25, 0.3) is 17.2 Å². The number of amides is 1. The second-order valence-electron chi connectivity index (χ2n) is 6.35. The smallest absolute Gasteiger partial charge is 0.227 e.